The Labute approximate surface area is 127 Å². The summed E-state index contributed by atoms with van der Waals surface area (Å²) < 4.78 is 11.2. The number of nitrogens with zero attached hydrogens (tertiary/aromatic N) is 1. The summed E-state index contributed by atoms with van der Waals surface area (Å²) in [7, 11) is 1.29. The Hall–Kier alpha value is -1.14. The number of hydrogen-bond acceptors (Lipinski definition) is 4. The van der Waals surface area contributed by atoms with E-state index in [0.29, 0.717) is 6.42 Å². The lowest BCUT2D eigenvalue weighted by Crippen LogP contribution is -2.08. The van der Waals surface area contributed by atoms with Gasteiger partial charge in [0.1, 0.15) is 0 Å². The van der Waals surface area contributed by atoms with Gasteiger partial charge in [0, 0.05) is 26.9 Å². The maximum Gasteiger partial charge on any atom is 0.507 e. The van der Waals surface area contributed by atoms with Crippen molar-refractivity contribution in [2.45, 2.75) is 6.42 Å². The van der Waals surface area contributed by atoms with E-state index < -0.39 is 6.16 Å². The molecule has 100 valence electrons. The van der Waals surface area contributed by atoms with Crippen LogP contribution in [0.4, 0.5) is 4.79 Å². The van der Waals surface area contributed by atoms with Gasteiger partial charge in [0.05, 0.1) is 19.2 Å². The van der Waals surface area contributed by atoms with Crippen molar-refractivity contribution in [3.63, 3.8) is 0 Å². The minimum absolute atomic E-state index is 0.249. The van der Waals surface area contributed by atoms with Gasteiger partial charge in [-0.1, -0.05) is 37.9 Å². The standard InChI is InChI=1S/C13H11Br2NO3/c1-18-13(17)19-6-4-9-11(15)7-10(14)8-3-2-5-16-12(8)9/h2-3,5,7H,4,6H2,1H3. The largest absolute Gasteiger partial charge is 0.507 e. The summed E-state index contributed by atoms with van der Waals surface area (Å²) in [6.45, 7) is 0.249. The first-order valence-electron chi connectivity index (χ1n) is 5.56. The number of ether oxygens (including phenoxy) is 2. The highest BCUT2D eigenvalue weighted by atomic mass is 79.9. The highest BCUT2D eigenvalue weighted by Crippen LogP contribution is 2.31. The molecule has 0 aliphatic carbocycles. The summed E-state index contributed by atoms with van der Waals surface area (Å²) in [4.78, 5) is 15.3. The van der Waals surface area contributed by atoms with Crippen LogP contribution in [0.25, 0.3) is 10.9 Å². The molecule has 0 saturated heterocycles. The molecule has 0 spiro atoms. The monoisotopic (exact) mass is 387 g/mol. The molecule has 0 bridgehead atoms. The molecule has 0 unspecified atom stereocenters. The minimum Gasteiger partial charge on any atom is -0.438 e. The van der Waals surface area contributed by atoms with E-state index in [1.165, 1.54) is 7.11 Å². The van der Waals surface area contributed by atoms with Gasteiger partial charge in [0.25, 0.3) is 0 Å². The maximum absolute atomic E-state index is 10.9. The van der Waals surface area contributed by atoms with E-state index in [9.17, 15) is 4.79 Å². The molecule has 0 aliphatic rings. The molecule has 1 heterocycles. The smallest absolute Gasteiger partial charge is 0.438 e. The Morgan fingerprint density at radius 2 is 2.16 bits per heavy atom. The first-order chi connectivity index (χ1) is 9.13. The number of methoxy groups -OCH3 is 1. The fourth-order valence-electron chi connectivity index (χ4n) is 1.76. The van der Waals surface area contributed by atoms with Crippen LogP contribution in [0.3, 0.4) is 0 Å². The zero-order valence-corrected chi connectivity index (χ0v) is 13.3. The fraction of sp³-hybridized carbons (Fsp3) is 0.231. The molecule has 0 atom stereocenters. The SMILES string of the molecule is COC(=O)OCCc1c(Br)cc(Br)c2cccnc12. The van der Waals surface area contributed by atoms with E-state index in [1.54, 1.807) is 6.20 Å². The van der Waals surface area contributed by atoms with Gasteiger partial charge in [0.2, 0.25) is 0 Å². The van der Waals surface area contributed by atoms with Crippen molar-refractivity contribution in [1.82, 2.24) is 4.98 Å². The van der Waals surface area contributed by atoms with Crippen LogP contribution in [0.15, 0.2) is 33.3 Å². The van der Waals surface area contributed by atoms with Gasteiger partial charge >= 0.3 is 6.16 Å². The lowest BCUT2D eigenvalue weighted by atomic mass is 10.1. The number of rotatable bonds is 3. The molecule has 0 N–H and O–H groups in total. The third-order valence-electron chi connectivity index (χ3n) is 2.63. The summed E-state index contributed by atoms with van der Waals surface area (Å²) >= 11 is 7.02. The van der Waals surface area contributed by atoms with Crippen molar-refractivity contribution < 1.29 is 14.3 Å². The molecule has 4 nitrogen and oxygen atoms in total. The number of hydrogen-bond donors (Lipinski definition) is 0. The second-order valence-corrected chi connectivity index (χ2v) is 5.48. The fourth-order valence-corrected chi connectivity index (χ4v) is 3.23. The number of carbonyl (C=O) groups excluding carboxylic acids is 1. The summed E-state index contributed by atoms with van der Waals surface area (Å²) in [6.07, 6.45) is 1.63. The van der Waals surface area contributed by atoms with Crippen LogP contribution >= 0.6 is 31.9 Å². The van der Waals surface area contributed by atoms with Crippen molar-refractivity contribution in [2.75, 3.05) is 13.7 Å². The normalized spacial score (nSPS) is 10.5. The third-order valence-corrected chi connectivity index (χ3v) is 3.99. The first-order valence-corrected chi connectivity index (χ1v) is 7.14. The molecule has 0 saturated carbocycles. The van der Waals surface area contributed by atoms with E-state index in [1.807, 2.05) is 18.2 Å². The Kier molecular flexibility index (Phi) is 4.76. The highest BCUT2D eigenvalue weighted by molar-refractivity contribution is 9.11. The molecule has 0 radical (unpaired) electrons. The van der Waals surface area contributed by atoms with Crippen molar-refractivity contribution in [1.29, 1.82) is 0 Å². The van der Waals surface area contributed by atoms with Crippen LogP contribution in [0.1, 0.15) is 5.56 Å². The number of benzene rings is 1. The zero-order valence-electron chi connectivity index (χ0n) is 10.2. The van der Waals surface area contributed by atoms with Gasteiger partial charge in [0.15, 0.2) is 0 Å². The van der Waals surface area contributed by atoms with Crippen LogP contribution < -0.4 is 0 Å². The zero-order chi connectivity index (χ0) is 13.8. The van der Waals surface area contributed by atoms with Gasteiger partial charge in [-0.05, 0) is 17.7 Å². The van der Waals surface area contributed by atoms with Gasteiger partial charge in [-0.15, -0.1) is 0 Å². The highest BCUT2D eigenvalue weighted by Gasteiger charge is 2.11. The van der Waals surface area contributed by atoms with Crippen molar-refractivity contribution >= 4 is 48.9 Å². The number of fused-ring (bicyclic) bond motifs is 1. The predicted molar refractivity (Wildman–Crippen MR) is 79.2 cm³/mol. The average molecular weight is 389 g/mol. The molecule has 6 heteroatoms. The summed E-state index contributed by atoms with van der Waals surface area (Å²) in [5.41, 5.74) is 1.89. The van der Waals surface area contributed by atoms with E-state index in [2.05, 4.69) is 41.6 Å². The molecule has 0 amide bonds. The van der Waals surface area contributed by atoms with Gasteiger partial charge in [-0.2, -0.15) is 0 Å². The lowest BCUT2D eigenvalue weighted by Gasteiger charge is -2.10. The molecule has 0 aliphatic heterocycles. The Balaban J connectivity index is 2.29. The van der Waals surface area contributed by atoms with Crippen LogP contribution in [-0.4, -0.2) is 24.9 Å². The number of halogens is 2. The quantitative estimate of drug-likeness (QED) is 0.743. The third kappa shape index (κ3) is 3.25. The van der Waals surface area contributed by atoms with Gasteiger partial charge in [-0.3, -0.25) is 4.98 Å². The molecule has 19 heavy (non-hydrogen) atoms. The van der Waals surface area contributed by atoms with Crippen molar-refractivity contribution in [2.24, 2.45) is 0 Å². The summed E-state index contributed by atoms with van der Waals surface area (Å²) in [5.74, 6) is 0. The lowest BCUT2D eigenvalue weighted by molar-refractivity contribution is 0.0737. The topological polar surface area (TPSA) is 48.4 Å². The van der Waals surface area contributed by atoms with Crippen LogP contribution in [0, 0.1) is 0 Å². The summed E-state index contributed by atoms with van der Waals surface area (Å²) in [6, 6.07) is 5.84. The molecule has 2 rings (SSSR count). The van der Waals surface area contributed by atoms with E-state index >= 15 is 0 Å². The van der Waals surface area contributed by atoms with Crippen LogP contribution in [-0.2, 0) is 15.9 Å². The molecular formula is C13H11Br2NO3. The average Bonchev–Trinajstić information content (AvgIpc) is 2.42. The molecular weight excluding hydrogens is 378 g/mol. The Bertz CT molecular complexity index is 616. The first kappa shape index (κ1) is 14.3. The van der Waals surface area contributed by atoms with Crippen LogP contribution in [0.5, 0.6) is 0 Å². The molecule has 2 aromatic rings. The summed E-state index contributed by atoms with van der Waals surface area (Å²) in [5, 5.41) is 1.03. The van der Waals surface area contributed by atoms with Crippen LogP contribution in [0.2, 0.25) is 0 Å². The van der Waals surface area contributed by atoms with Crippen molar-refractivity contribution in [3.8, 4) is 0 Å². The van der Waals surface area contributed by atoms with E-state index in [4.69, 9.17) is 4.74 Å². The Morgan fingerprint density at radius 1 is 1.37 bits per heavy atom. The van der Waals surface area contributed by atoms with Gasteiger partial charge in [-0.25, -0.2) is 4.79 Å². The Morgan fingerprint density at radius 3 is 2.89 bits per heavy atom. The van der Waals surface area contributed by atoms with E-state index in [0.717, 1.165) is 25.4 Å². The molecule has 0 fully saturated rings. The minimum atomic E-state index is -0.675. The van der Waals surface area contributed by atoms with Crippen molar-refractivity contribution in [3.05, 3.63) is 38.9 Å². The van der Waals surface area contributed by atoms with E-state index in [-0.39, 0.29) is 6.61 Å². The van der Waals surface area contributed by atoms with Gasteiger partial charge < -0.3 is 9.47 Å². The second kappa shape index (κ2) is 6.34. The maximum atomic E-state index is 10.9. The number of carbonyl (C=O) groups is 1. The number of pyridine rings is 1. The number of aromatic nitrogens is 1. The predicted octanol–water partition coefficient (Wildman–Crippen LogP) is 4.09. The second-order valence-electron chi connectivity index (χ2n) is 3.77. The molecule has 1 aromatic carbocycles. The molecule has 1 aromatic heterocycles.